The number of hydrogen-bond donors (Lipinski definition) is 1. The normalized spacial score (nSPS) is 14.4. The molecule has 0 saturated carbocycles. The van der Waals surface area contributed by atoms with Gasteiger partial charge in [0.1, 0.15) is 0 Å². The summed E-state index contributed by atoms with van der Waals surface area (Å²) in [5, 5.41) is 5.57. The lowest BCUT2D eigenvalue weighted by Crippen LogP contribution is -2.11. The molecule has 1 aromatic heterocycles. The van der Waals surface area contributed by atoms with Gasteiger partial charge in [-0.25, -0.2) is 0 Å². The highest BCUT2D eigenvalue weighted by atomic mass is 32.1. The van der Waals surface area contributed by atoms with Crippen LogP contribution in [0.5, 0.6) is 0 Å². The summed E-state index contributed by atoms with van der Waals surface area (Å²) in [6.45, 7) is 1.12. The molecule has 2 aromatic rings. The second kappa shape index (κ2) is 3.70. The van der Waals surface area contributed by atoms with E-state index in [0.29, 0.717) is 0 Å². The Morgan fingerprint density at radius 2 is 2.20 bits per heavy atom. The molecule has 1 nitrogen and oxygen atoms in total. The first kappa shape index (κ1) is 8.98. The molecule has 76 valence electrons. The number of aryl methyl sites for hydroxylation is 1. The molecule has 15 heavy (non-hydrogen) atoms. The minimum atomic E-state index is 1.12. The average molecular weight is 215 g/mol. The van der Waals surface area contributed by atoms with Crippen LogP contribution in [0.25, 0.3) is 10.4 Å². The van der Waals surface area contributed by atoms with Gasteiger partial charge in [0.2, 0.25) is 0 Å². The van der Waals surface area contributed by atoms with Gasteiger partial charge in [0.15, 0.2) is 0 Å². The van der Waals surface area contributed by atoms with E-state index in [1.807, 2.05) is 0 Å². The van der Waals surface area contributed by atoms with E-state index < -0.39 is 0 Å². The second-order valence-corrected chi connectivity index (χ2v) is 4.83. The van der Waals surface area contributed by atoms with Crippen molar-refractivity contribution in [1.29, 1.82) is 0 Å². The fraction of sp³-hybridized carbons (Fsp3) is 0.231. The Morgan fingerprint density at radius 3 is 3.07 bits per heavy atom. The lowest BCUT2D eigenvalue weighted by atomic mass is 10.0. The fourth-order valence-corrected chi connectivity index (χ4v) is 2.79. The first-order valence-electron chi connectivity index (χ1n) is 5.34. The molecule has 0 saturated heterocycles. The number of benzene rings is 1. The van der Waals surface area contributed by atoms with Crippen LogP contribution in [-0.4, -0.2) is 6.54 Å². The Kier molecular flexibility index (Phi) is 2.22. The summed E-state index contributed by atoms with van der Waals surface area (Å²) >= 11 is 1.81. The van der Waals surface area contributed by atoms with Gasteiger partial charge in [-0.2, -0.15) is 0 Å². The van der Waals surface area contributed by atoms with E-state index in [4.69, 9.17) is 0 Å². The van der Waals surface area contributed by atoms with Crippen molar-refractivity contribution in [3.05, 3.63) is 41.3 Å². The number of fused-ring (bicyclic) bond motifs is 1. The van der Waals surface area contributed by atoms with Crippen LogP contribution < -0.4 is 5.32 Å². The lowest BCUT2D eigenvalue weighted by Gasteiger charge is -2.18. The maximum absolute atomic E-state index is 3.44. The Labute approximate surface area is 93.8 Å². The van der Waals surface area contributed by atoms with Crippen molar-refractivity contribution in [1.82, 2.24) is 0 Å². The number of hydrogen-bond acceptors (Lipinski definition) is 2. The molecule has 1 aliphatic heterocycles. The van der Waals surface area contributed by atoms with Gasteiger partial charge in [-0.15, -0.1) is 11.3 Å². The van der Waals surface area contributed by atoms with Gasteiger partial charge in [-0.3, -0.25) is 0 Å². The van der Waals surface area contributed by atoms with E-state index in [1.54, 1.807) is 11.3 Å². The number of anilines is 1. The van der Waals surface area contributed by atoms with Gasteiger partial charge in [-0.05, 0) is 47.5 Å². The molecule has 2 heterocycles. The minimum absolute atomic E-state index is 1.12. The van der Waals surface area contributed by atoms with Crippen molar-refractivity contribution < 1.29 is 0 Å². The van der Waals surface area contributed by atoms with Crippen LogP contribution in [0.3, 0.4) is 0 Å². The van der Waals surface area contributed by atoms with E-state index in [2.05, 4.69) is 41.0 Å². The van der Waals surface area contributed by atoms with Crippen LogP contribution in [0.2, 0.25) is 0 Å². The Bertz CT molecular complexity index is 459. The van der Waals surface area contributed by atoms with Crippen LogP contribution in [0.1, 0.15) is 12.0 Å². The van der Waals surface area contributed by atoms with Crippen LogP contribution >= 0.6 is 11.3 Å². The smallest absolute Gasteiger partial charge is 0.0373 e. The Hall–Kier alpha value is -1.28. The molecule has 2 heteroatoms. The molecule has 0 atom stereocenters. The Morgan fingerprint density at radius 1 is 1.20 bits per heavy atom. The lowest BCUT2D eigenvalue weighted by molar-refractivity contribution is 0.831. The van der Waals surface area contributed by atoms with Crippen LogP contribution in [0.15, 0.2) is 35.7 Å². The van der Waals surface area contributed by atoms with Crippen molar-refractivity contribution in [3.8, 4) is 10.4 Å². The van der Waals surface area contributed by atoms with E-state index >= 15 is 0 Å². The van der Waals surface area contributed by atoms with Gasteiger partial charge in [0, 0.05) is 17.1 Å². The molecule has 0 bridgehead atoms. The maximum atomic E-state index is 3.44. The van der Waals surface area contributed by atoms with Crippen molar-refractivity contribution in [2.45, 2.75) is 12.8 Å². The third-order valence-electron chi connectivity index (χ3n) is 2.85. The molecule has 1 N–H and O–H groups in total. The van der Waals surface area contributed by atoms with E-state index in [9.17, 15) is 0 Å². The number of nitrogens with one attached hydrogen (secondary N) is 1. The highest BCUT2D eigenvalue weighted by Crippen LogP contribution is 2.30. The fourth-order valence-electron chi connectivity index (χ4n) is 2.07. The van der Waals surface area contributed by atoms with E-state index in [0.717, 1.165) is 6.54 Å². The first-order valence-corrected chi connectivity index (χ1v) is 6.22. The highest BCUT2D eigenvalue weighted by Gasteiger charge is 2.09. The van der Waals surface area contributed by atoms with Crippen molar-refractivity contribution in [2.75, 3.05) is 11.9 Å². The largest absolute Gasteiger partial charge is 0.385 e. The van der Waals surface area contributed by atoms with Crippen LogP contribution in [-0.2, 0) is 6.42 Å². The molecule has 0 fully saturated rings. The summed E-state index contributed by atoms with van der Waals surface area (Å²) in [6.07, 6.45) is 2.46. The monoisotopic (exact) mass is 215 g/mol. The summed E-state index contributed by atoms with van der Waals surface area (Å²) in [5.41, 5.74) is 4.14. The Balaban J connectivity index is 2.04. The molecule has 0 aliphatic carbocycles. The zero-order valence-electron chi connectivity index (χ0n) is 8.49. The van der Waals surface area contributed by atoms with E-state index in [1.165, 1.54) is 34.5 Å². The highest BCUT2D eigenvalue weighted by molar-refractivity contribution is 7.13. The minimum Gasteiger partial charge on any atom is -0.385 e. The van der Waals surface area contributed by atoms with Crippen molar-refractivity contribution in [2.24, 2.45) is 0 Å². The zero-order valence-corrected chi connectivity index (χ0v) is 9.31. The van der Waals surface area contributed by atoms with Gasteiger partial charge in [0.25, 0.3) is 0 Å². The molecular weight excluding hydrogens is 202 g/mol. The third-order valence-corrected chi connectivity index (χ3v) is 3.77. The molecule has 0 amide bonds. The average Bonchev–Trinajstić information content (AvgIpc) is 2.82. The molecular formula is C13H13NS. The predicted molar refractivity (Wildman–Crippen MR) is 66.6 cm³/mol. The molecule has 1 aliphatic rings. The quantitative estimate of drug-likeness (QED) is 0.763. The summed E-state index contributed by atoms with van der Waals surface area (Å²) in [5.74, 6) is 0. The molecule has 1 aromatic carbocycles. The standard InChI is InChI=1S/C13H13NS/c1-3-10-9-11(13-4-2-8-15-13)5-6-12(10)14-7-1/h2,4-6,8-9,14H,1,3,7H2. The third kappa shape index (κ3) is 1.65. The summed E-state index contributed by atoms with van der Waals surface area (Å²) in [7, 11) is 0. The van der Waals surface area contributed by atoms with Gasteiger partial charge in [-0.1, -0.05) is 12.1 Å². The topological polar surface area (TPSA) is 12.0 Å². The summed E-state index contributed by atoms with van der Waals surface area (Å²) in [4.78, 5) is 1.36. The molecule has 3 rings (SSSR count). The SMILES string of the molecule is c1csc(-c2ccc3c(c2)CCCN3)c1. The molecule has 0 radical (unpaired) electrons. The van der Waals surface area contributed by atoms with Crippen molar-refractivity contribution in [3.63, 3.8) is 0 Å². The summed E-state index contributed by atoms with van der Waals surface area (Å²) < 4.78 is 0. The van der Waals surface area contributed by atoms with Gasteiger partial charge in [0.05, 0.1) is 0 Å². The number of thiophene rings is 1. The van der Waals surface area contributed by atoms with Crippen LogP contribution in [0, 0.1) is 0 Å². The van der Waals surface area contributed by atoms with Crippen LogP contribution in [0.4, 0.5) is 5.69 Å². The maximum Gasteiger partial charge on any atom is 0.0373 e. The van der Waals surface area contributed by atoms with Gasteiger partial charge >= 0.3 is 0 Å². The predicted octanol–water partition coefficient (Wildman–Crippen LogP) is 3.77. The second-order valence-electron chi connectivity index (χ2n) is 3.88. The summed E-state index contributed by atoms with van der Waals surface area (Å²) in [6, 6.07) is 11.0. The van der Waals surface area contributed by atoms with Gasteiger partial charge < -0.3 is 5.32 Å². The first-order chi connectivity index (χ1) is 7.43. The number of rotatable bonds is 1. The zero-order chi connectivity index (χ0) is 10.1. The molecule has 0 unspecified atom stereocenters. The van der Waals surface area contributed by atoms with Crippen molar-refractivity contribution >= 4 is 17.0 Å². The van der Waals surface area contributed by atoms with E-state index in [-0.39, 0.29) is 0 Å². The molecule has 0 spiro atoms.